The zero-order valence-electron chi connectivity index (χ0n) is 22.8. The highest BCUT2D eigenvalue weighted by Crippen LogP contribution is 2.55. The van der Waals surface area contributed by atoms with Crippen molar-refractivity contribution in [2.75, 3.05) is 18.8 Å². The Morgan fingerprint density at radius 2 is 1.92 bits per heavy atom. The molecule has 10 heteroatoms. The Balaban J connectivity index is 1.35. The number of rotatable bonds is 5. The van der Waals surface area contributed by atoms with Crippen molar-refractivity contribution in [2.24, 2.45) is 11.1 Å². The summed E-state index contributed by atoms with van der Waals surface area (Å²) in [4.78, 5) is 26.8. The Morgan fingerprint density at radius 3 is 2.58 bits per heavy atom. The predicted molar refractivity (Wildman–Crippen MR) is 145 cm³/mol. The van der Waals surface area contributed by atoms with E-state index >= 15 is 0 Å². The minimum absolute atomic E-state index is 0.0155. The summed E-state index contributed by atoms with van der Waals surface area (Å²) in [6, 6.07) is 8.30. The Labute approximate surface area is 222 Å². The largest absolute Gasteiger partial charge is 0.444 e. The average molecular weight is 520 g/mol. The molecule has 2 aliphatic rings. The molecule has 0 bridgehead atoms. The van der Waals surface area contributed by atoms with E-state index in [1.165, 1.54) is 5.56 Å². The molecule has 1 saturated heterocycles. The first kappa shape index (κ1) is 25.8. The van der Waals surface area contributed by atoms with Crippen LogP contribution in [0.5, 0.6) is 0 Å². The van der Waals surface area contributed by atoms with Crippen molar-refractivity contribution >= 4 is 17.8 Å². The number of carbonyl (C=O) groups is 2. The molecule has 38 heavy (non-hydrogen) atoms. The molecule has 0 atom stereocenters. The number of anilines is 1. The molecule has 1 spiro atoms. The van der Waals surface area contributed by atoms with Gasteiger partial charge in [0, 0.05) is 24.8 Å². The van der Waals surface area contributed by atoms with Crippen LogP contribution >= 0.6 is 0 Å². The number of nitrogens with two attached hydrogens (primary N) is 2. The van der Waals surface area contributed by atoms with Crippen LogP contribution in [0, 0.1) is 19.3 Å². The van der Waals surface area contributed by atoms with E-state index in [0.29, 0.717) is 25.3 Å². The predicted octanol–water partition coefficient (Wildman–Crippen LogP) is 4.05. The van der Waals surface area contributed by atoms with Gasteiger partial charge in [-0.3, -0.25) is 9.48 Å². The average Bonchev–Trinajstić information content (AvgIpc) is 3.47. The molecule has 1 aromatic carbocycles. The number of carbonyl (C=O) groups excluding carboxylic acids is 2. The summed E-state index contributed by atoms with van der Waals surface area (Å²) in [5, 5.41) is 9.47. The van der Waals surface area contributed by atoms with Gasteiger partial charge in [-0.1, -0.05) is 29.8 Å². The maximum absolute atomic E-state index is 12.5. The third kappa shape index (κ3) is 4.87. The van der Waals surface area contributed by atoms with Crippen LogP contribution in [0.4, 0.5) is 10.6 Å². The summed E-state index contributed by atoms with van der Waals surface area (Å²) in [5.74, 6) is -0.333. The summed E-state index contributed by atoms with van der Waals surface area (Å²) < 4.78 is 9.15. The molecule has 0 unspecified atom stereocenters. The van der Waals surface area contributed by atoms with E-state index in [0.717, 1.165) is 36.1 Å². The summed E-state index contributed by atoms with van der Waals surface area (Å²) in [6.45, 7) is 11.5. The first-order chi connectivity index (χ1) is 17.8. The van der Waals surface area contributed by atoms with Crippen LogP contribution in [-0.2, 0) is 11.3 Å². The Hall–Kier alpha value is -3.82. The number of hydrogen-bond donors (Lipinski definition) is 2. The molecule has 1 aliphatic carbocycles. The summed E-state index contributed by atoms with van der Waals surface area (Å²) >= 11 is 0. The van der Waals surface area contributed by atoms with Crippen molar-refractivity contribution in [2.45, 2.75) is 72.1 Å². The van der Waals surface area contributed by atoms with Crippen LogP contribution in [0.1, 0.15) is 73.3 Å². The minimum atomic E-state index is -0.611. The molecule has 3 heterocycles. The second-order valence-corrected chi connectivity index (χ2v) is 11.9. The Kier molecular flexibility index (Phi) is 6.24. The van der Waals surface area contributed by atoms with Crippen LogP contribution in [0.25, 0.3) is 11.3 Å². The third-order valence-electron chi connectivity index (χ3n) is 7.60. The number of benzene rings is 1. The van der Waals surface area contributed by atoms with Gasteiger partial charge < -0.3 is 21.1 Å². The number of nitrogens with zero attached hydrogens (tertiary/aromatic N) is 5. The molecule has 10 nitrogen and oxygen atoms in total. The van der Waals surface area contributed by atoms with Crippen LogP contribution in [0.15, 0.2) is 30.5 Å². The van der Waals surface area contributed by atoms with Crippen molar-refractivity contribution < 1.29 is 14.3 Å². The first-order valence-corrected chi connectivity index (χ1v) is 13.1. The van der Waals surface area contributed by atoms with E-state index in [2.05, 4.69) is 30.2 Å². The molecule has 2 fully saturated rings. The maximum Gasteiger partial charge on any atom is 0.410 e. The molecule has 1 saturated carbocycles. The van der Waals surface area contributed by atoms with Gasteiger partial charge in [0.25, 0.3) is 5.91 Å². The van der Waals surface area contributed by atoms with Crippen molar-refractivity contribution in [3.63, 3.8) is 0 Å². The van der Waals surface area contributed by atoms with Gasteiger partial charge in [-0.05, 0) is 64.9 Å². The van der Waals surface area contributed by atoms with Gasteiger partial charge in [0.15, 0.2) is 0 Å². The van der Waals surface area contributed by atoms with Crippen LogP contribution in [-0.4, -0.2) is 55.2 Å². The second kappa shape index (κ2) is 9.18. The van der Waals surface area contributed by atoms with Gasteiger partial charge in [0.2, 0.25) is 0 Å². The van der Waals surface area contributed by atoms with Crippen molar-refractivity contribution in [3.8, 4) is 11.3 Å². The second-order valence-electron chi connectivity index (χ2n) is 11.9. The van der Waals surface area contributed by atoms with E-state index in [1.54, 1.807) is 9.58 Å². The standard InChI is InChI=1S/C28H37N7O3/c1-17-7-6-8-19(11-17)14-34-15-21(18(2)31-34)23-22(25(30)36)24(29)35(32-23)20-12-28(13-20)9-10-33(16-28)26(37)38-27(3,4)5/h6-8,11,15,20H,9-10,12-14,16,29H2,1-5H3,(H2,30,36). The van der Waals surface area contributed by atoms with Crippen LogP contribution in [0.3, 0.4) is 0 Å². The monoisotopic (exact) mass is 519 g/mol. The highest BCUT2D eigenvalue weighted by atomic mass is 16.6. The lowest BCUT2D eigenvalue weighted by molar-refractivity contribution is 0.0187. The lowest BCUT2D eigenvalue weighted by Gasteiger charge is -2.45. The van der Waals surface area contributed by atoms with Crippen LogP contribution < -0.4 is 11.5 Å². The van der Waals surface area contributed by atoms with Gasteiger partial charge in [-0.15, -0.1) is 0 Å². The van der Waals surface area contributed by atoms with Crippen LogP contribution in [0.2, 0.25) is 0 Å². The van der Waals surface area contributed by atoms with E-state index in [-0.39, 0.29) is 28.9 Å². The molecule has 2 aromatic heterocycles. The smallest absolute Gasteiger partial charge is 0.410 e. The third-order valence-corrected chi connectivity index (χ3v) is 7.60. The van der Waals surface area contributed by atoms with Gasteiger partial charge in [0.05, 0.1) is 18.3 Å². The van der Waals surface area contributed by atoms with Crippen molar-refractivity contribution in [1.29, 1.82) is 0 Å². The number of amides is 2. The first-order valence-electron chi connectivity index (χ1n) is 13.1. The molecule has 0 radical (unpaired) electrons. The number of likely N-dealkylation sites (tertiary alicyclic amines) is 1. The van der Waals surface area contributed by atoms with Crippen molar-refractivity contribution in [1.82, 2.24) is 24.5 Å². The SMILES string of the molecule is Cc1cccc(Cn2cc(-c3nn(C4CC5(CCN(C(=O)OC(C)(C)C)C5)C4)c(N)c3C(N)=O)c(C)n2)c1. The fourth-order valence-electron chi connectivity index (χ4n) is 5.85. The van der Waals surface area contributed by atoms with E-state index in [1.807, 2.05) is 44.6 Å². The highest BCUT2D eigenvalue weighted by molar-refractivity contribution is 6.03. The molecular formula is C28H37N7O3. The molecule has 202 valence electrons. The topological polar surface area (TPSA) is 134 Å². The van der Waals surface area contributed by atoms with Gasteiger partial charge in [0.1, 0.15) is 22.7 Å². The fourth-order valence-corrected chi connectivity index (χ4v) is 5.85. The fraction of sp³-hybridized carbons (Fsp3) is 0.500. The lowest BCUT2D eigenvalue weighted by Crippen LogP contribution is -2.43. The molecule has 4 N–H and O–H groups in total. The van der Waals surface area contributed by atoms with Gasteiger partial charge in [-0.2, -0.15) is 10.2 Å². The maximum atomic E-state index is 12.5. The Morgan fingerprint density at radius 1 is 1.18 bits per heavy atom. The summed E-state index contributed by atoms with van der Waals surface area (Å²) in [7, 11) is 0. The number of aryl methyl sites for hydroxylation is 2. The number of hydrogen-bond acceptors (Lipinski definition) is 6. The number of ether oxygens (including phenoxy) is 1. The van der Waals surface area contributed by atoms with E-state index < -0.39 is 11.5 Å². The number of aromatic nitrogens is 4. The van der Waals surface area contributed by atoms with Gasteiger partial charge >= 0.3 is 6.09 Å². The summed E-state index contributed by atoms with van der Waals surface area (Å²) in [6.07, 6.45) is 4.18. The zero-order chi connectivity index (χ0) is 27.4. The minimum Gasteiger partial charge on any atom is -0.444 e. The van der Waals surface area contributed by atoms with Gasteiger partial charge in [-0.25, -0.2) is 9.48 Å². The molecular weight excluding hydrogens is 482 g/mol. The normalized spacial score (nSPS) is 21.1. The zero-order valence-corrected chi connectivity index (χ0v) is 22.8. The quantitative estimate of drug-likeness (QED) is 0.522. The molecule has 3 aromatic rings. The molecule has 1 aliphatic heterocycles. The highest BCUT2D eigenvalue weighted by Gasteiger charge is 2.51. The summed E-state index contributed by atoms with van der Waals surface area (Å²) in [5.41, 5.74) is 16.2. The van der Waals surface area contributed by atoms with E-state index in [9.17, 15) is 9.59 Å². The number of primary amides is 1. The van der Waals surface area contributed by atoms with E-state index in [4.69, 9.17) is 21.3 Å². The lowest BCUT2D eigenvalue weighted by atomic mass is 9.65. The number of nitrogen functional groups attached to an aromatic ring is 1. The van der Waals surface area contributed by atoms with Crippen molar-refractivity contribution in [3.05, 3.63) is 52.8 Å². The Bertz CT molecular complexity index is 1390. The molecule has 2 amide bonds. The molecule has 5 rings (SSSR count).